The Hall–Kier alpha value is -1.17. The number of rotatable bonds is 3. The summed E-state index contributed by atoms with van der Waals surface area (Å²) in [6.45, 7) is 6.38. The van der Waals surface area contributed by atoms with Crippen LogP contribution in [0.5, 0.6) is 0 Å². The van der Waals surface area contributed by atoms with E-state index in [2.05, 4.69) is 34.4 Å². The molecule has 0 saturated carbocycles. The Labute approximate surface area is 118 Å². The summed E-state index contributed by atoms with van der Waals surface area (Å²) < 4.78 is 0. The van der Waals surface area contributed by atoms with E-state index >= 15 is 0 Å². The molecule has 1 aromatic heterocycles. The van der Waals surface area contributed by atoms with Crippen molar-refractivity contribution in [1.82, 2.24) is 15.2 Å². The topological polar surface area (TPSA) is 57.3 Å². The van der Waals surface area contributed by atoms with Gasteiger partial charge >= 0.3 is 0 Å². The van der Waals surface area contributed by atoms with Crippen LogP contribution in [-0.4, -0.2) is 47.5 Å². The van der Waals surface area contributed by atoms with Crippen molar-refractivity contribution >= 4 is 23.2 Å². The molecule has 2 heterocycles. The third kappa shape index (κ3) is 3.89. The zero-order valence-corrected chi connectivity index (χ0v) is 11.9. The summed E-state index contributed by atoms with van der Waals surface area (Å²) >= 11 is 5.91. The van der Waals surface area contributed by atoms with Gasteiger partial charge in [0.1, 0.15) is 0 Å². The molecule has 1 fully saturated rings. The van der Waals surface area contributed by atoms with Crippen LogP contribution in [0.1, 0.15) is 13.8 Å². The van der Waals surface area contributed by atoms with E-state index in [1.165, 1.54) is 0 Å². The first-order valence-electron chi connectivity index (χ1n) is 6.44. The van der Waals surface area contributed by atoms with Gasteiger partial charge in [0.2, 0.25) is 5.91 Å². The summed E-state index contributed by atoms with van der Waals surface area (Å²) in [5, 5.41) is 6.50. The van der Waals surface area contributed by atoms with Gasteiger partial charge in [-0.1, -0.05) is 11.6 Å². The van der Waals surface area contributed by atoms with E-state index in [4.69, 9.17) is 11.6 Å². The highest BCUT2D eigenvalue weighted by Gasteiger charge is 2.24. The lowest BCUT2D eigenvalue weighted by molar-refractivity contribution is -0.118. The lowest BCUT2D eigenvalue weighted by Gasteiger charge is -2.36. The average Bonchev–Trinajstić information content (AvgIpc) is 2.37. The van der Waals surface area contributed by atoms with Gasteiger partial charge in [-0.15, -0.1) is 0 Å². The van der Waals surface area contributed by atoms with E-state index in [9.17, 15) is 4.79 Å². The van der Waals surface area contributed by atoms with E-state index in [0.29, 0.717) is 29.5 Å². The van der Waals surface area contributed by atoms with Crippen LogP contribution in [0.4, 0.5) is 5.69 Å². The molecule has 2 N–H and O–H groups in total. The number of nitrogens with one attached hydrogen (secondary N) is 2. The summed E-state index contributed by atoms with van der Waals surface area (Å²) in [5.41, 5.74) is 0.560. The highest BCUT2D eigenvalue weighted by atomic mass is 35.5. The number of pyridine rings is 1. The number of nitrogens with zero attached hydrogens (tertiary/aromatic N) is 2. The molecule has 0 radical (unpaired) electrons. The number of carbonyl (C=O) groups excluding carboxylic acids is 1. The number of hydrogen-bond donors (Lipinski definition) is 2. The molecule has 0 spiro atoms. The van der Waals surface area contributed by atoms with Gasteiger partial charge in [0.25, 0.3) is 0 Å². The molecule has 0 aliphatic carbocycles. The lowest BCUT2D eigenvalue weighted by Crippen LogP contribution is -2.55. The SMILES string of the molecule is CC1CN(CC(=O)Nc2cccnc2Cl)C(C)CN1. The molecule has 1 amide bonds. The summed E-state index contributed by atoms with van der Waals surface area (Å²) in [5.74, 6) is -0.0594. The highest BCUT2D eigenvalue weighted by Crippen LogP contribution is 2.17. The van der Waals surface area contributed by atoms with Crippen molar-refractivity contribution in [2.45, 2.75) is 25.9 Å². The maximum Gasteiger partial charge on any atom is 0.238 e. The van der Waals surface area contributed by atoms with E-state index in [1.807, 2.05) is 0 Å². The zero-order chi connectivity index (χ0) is 13.8. The monoisotopic (exact) mass is 282 g/mol. The summed E-state index contributed by atoms with van der Waals surface area (Å²) in [6.07, 6.45) is 1.60. The number of piperazine rings is 1. The molecule has 19 heavy (non-hydrogen) atoms. The van der Waals surface area contributed by atoms with Gasteiger partial charge in [0.05, 0.1) is 12.2 Å². The molecule has 6 heteroatoms. The van der Waals surface area contributed by atoms with E-state index in [-0.39, 0.29) is 5.91 Å². The molecule has 1 saturated heterocycles. The number of hydrogen-bond acceptors (Lipinski definition) is 4. The molecule has 2 unspecified atom stereocenters. The first-order valence-corrected chi connectivity index (χ1v) is 6.82. The van der Waals surface area contributed by atoms with Crippen molar-refractivity contribution in [2.75, 3.05) is 25.0 Å². The van der Waals surface area contributed by atoms with Gasteiger partial charge in [-0.25, -0.2) is 4.98 Å². The number of amides is 1. The number of halogens is 1. The average molecular weight is 283 g/mol. The van der Waals surface area contributed by atoms with Crippen LogP contribution in [0, 0.1) is 0 Å². The van der Waals surface area contributed by atoms with Crippen LogP contribution in [0.25, 0.3) is 0 Å². The van der Waals surface area contributed by atoms with Gasteiger partial charge in [-0.05, 0) is 26.0 Å². The molecule has 1 aromatic rings. The van der Waals surface area contributed by atoms with Gasteiger partial charge in [-0.2, -0.15) is 0 Å². The van der Waals surface area contributed by atoms with Crippen LogP contribution >= 0.6 is 11.6 Å². The molecule has 104 valence electrons. The summed E-state index contributed by atoms with van der Waals surface area (Å²) in [4.78, 5) is 18.1. The predicted molar refractivity (Wildman–Crippen MR) is 76.4 cm³/mol. The van der Waals surface area contributed by atoms with Crippen molar-refractivity contribution < 1.29 is 4.79 Å². The minimum Gasteiger partial charge on any atom is -0.322 e. The molecule has 5 nitrogen and oxygen atoms in total. The van der Waals surface area contributed by atoms with Gasteiger partial charge in [-0.3, -0.25) is 9.69 Å². The Morgan fingerprint density at radius 3 is 3.16 bits per heavy atom. The van der Waals surface area contributed by atoms with E-state index in [1.54, 1.807) is 18.3 Å². The van der Waals surface area contributed by atoms with Gasteiger partial charge in [0, 0.05) is 31.4 Å². The molecule has 1 aliphatic rings. The van der Waals surface area contributed by atoms with Crippen molar-refractivity contribution in [2.24, 2.45) is 0 Å². The fourth-order valence-corrected chi connectivity index (χ4v) is 2.34. The van der Waals surface area contributed by atoms with E-state index in [0.717, 1.165) is 13.1 Å². The second-order valence-electron chi connectivity index (χ2n) is 4.98. The largest absolute Gasteiger partial charge is 0.322 e. The molecular formula is C13H19ClN4O. The fourth-order valence-electron chi connectivity index (χ4n) is 2.17. The van der Waals surface area contributed by atoms with Crippen molar-refractivity contribution in [1.29, 1.82) is 0 Å². The van der Waals surface area contributed by atoms with Gasteiger partial charge in [0.15, 0.2) is 5.15 Å². The molecule has 2 atom stereocenters. The third-order valence-electron chi connectivity index (χ3n) is 3.27. The first kappa shape index (κ1) is 14.2. The number of carbonyl (C=O) groups is 1. The normalized spacial score (nSPS) is 24.2. The first-order chi connectivity index (χ1) is 9.06. The standard InChI is InChI=1S/C13H19ClN4O/c1-9-7-18(10(2)6-16-9)8-12(19)17-11-4-3-5-15-13(11)14/h3-5,9-10,16H,6-8H2,1-2H3,(H,17,19). The molecule has 0 bridgehead atoms. The van der Waals surface area contributed by atoms with Crippen LogP contribution in [0.15, 0.2) is 18.3 Å². The van der Waals surface area contributed by atoms with Crippen LogP contribution in [-0.2, 0) is 4.79 Å². The van der Waals surface area contributed by atoms with Crippen LogP contribution < -0.4 is 10.6 Å². The number of aromatic nitrogens is 1. The van der Waals surface area contributed by atoms with Crippen LogP contribution in [0.3, 0.4) is 0 Å². The highest BCUT2D eigenvalue weighted by molar-refractivity contribution is 6.32. The Balaban J connectivity index is 1.92. The fraction of sp³-hybridized carbons (Fsp3) is 0.538. The molecule has 0 aromatic carbocycles. The molecule has 1 aliphatic heterocycles. The van der Waals surface area contributed by atoms with Crippen molar-refractivity contribution in [3.63, 3.8) is 0 Å². The quantitative estimate of drug-likeness (QED) is 0.822. The zero-order valence-electron chi connectivity index (χ0n) is 11.2. The van der Waals surface area contributed by atoms with E-state index < -0.39 is 0 Å². The van der Waals surface area contributed by atoms with Crippen molar-refractivity contribution in [3.05, 3.63) is 23.5 Å². The third-order valence-corrected chi connectivity index (χ3v) is 3.57. The Kier molecular flexibility index (Phi) is 4.74. The summed E-state index contributed by atoms with van der Waals surface area (Å²) in [7, 11) is 0. The minimum atomic E-state index is -0.0594. The Morgan fingerprint density at radius 2 is 2.42 bits per heavy atom. The lowest BCUT2D eigenvalue weighted by atomic mass is 10.1. The van der Waals surface area contributed by atoms with Crippen LogP contribution in [0.2, 0.25) is 5.15 Å². The Morgan fingerprint density at radius 1 is 1.63 bits per heavy atom. The smallest absolute Gasteiger partial charge is 0.238 e. The van der Waals surface area contributed by atoms with Crippen molar-refractivity contribution in [3.8, 4) is 0 Å². The predicted octanol–water partition coefficient (Wildman–Crippen LogP) is 1.36. The van der Waals surface area contributed by atoms with Gasteiger partial charge < -0.3 is 10.6 Å². The second kappa shape index (κ2) is 6.32. The summed E-state index contributed by atoms with van der Waals surface area (Å²) in [6, 6.07) is 4.26. The second-order valence-corrected chi connectivity index (χ2v) is 5.34. The maximum absolute atomic E-state index is 12.0. The minimum absolute atomic E-state index is 0.0594. The Bertz CT molecular complexity index is 454. The molecule has 2 rings (SSSR count). The maximum atomic E-state index is 12.0. The number of anilines is 1. The molecular weight excluding hydrogens is 264 g/mol.